The Kier molecular flexibility index (Phi) is 7.85. The normalized spacial score (nSPS) is 11.3. The average molecular weight is 689 g/mol. The first-order valence-corrected chi connectivity index (χ1v) is 18.5. The van der Waals surface area contributed by atoms with E-state index in [1.165, 1.54) is 60.4 Å². The average Bonchev–Trinajstić information content (AvgIpc) is 3.59. The number of benzene rings is 9. The molecule has 1 heterocycles. The summed E-state index contributed by atoms with van der Waals surface area (Å²) in [5.41, 5.74) is 14.1. The van der Waals surface area contributed by atoms with Crippen LogP contribution in [0.2, 0.25) is 0 Å². The molecule has 2 nitrogen and oxygen atoms in total. The van der Waals surface area contributed by atoms with Crippen LogP contribution >= 0.6 is 0 Å². The van der Waals surface area contributed by atoms with E-state index < -0.39 is 0 Å². The molecule has 0 radical (unpaired) electrons. The van der Waals surface area contributed by atoms with Gasteiger partial charge in [0.1, 0.15) is 0 Å². The lowest BCUT2D eigenvalue weighted by atomic mass is 9.94. The molecule has 0 fully saturated rings. The zero-order valence-electron chi connectivity index (χ0n) is 29.7. The van der Waals surface area contributed by atoms with Gasteiger partial charge in [0.25, 0.3) is 0 Å². The molecule has 0 bridgehead atoms. The van der Waals surface area contributed by atoms with Gasteiger partial charge >= 0.3 is 0 Å². The van der Waals surface area contributed by atoms with Crippen LogP contribution in [0.1, 0.15) is 0 Å². The fourth-order valence-electron chi connectivity index (χ4n) is 8.05. The second-order valence-corrected chi connectivity index (χ2v) is 13.8. The molecular formula is C52H36N2. The van der Waals surface area contributed by atoms with Gasteiger partial charge in [-0.25, -0.2) is 0 Å². The quantitative estimate of drug-likeness (QED) is 0.162. The summed E-state index contributed by atoms with van der Waals surface area (Å²) in [4.78, 5) is 2.38. The molecule has 0 amide bonds. The molecular weight excluding hydrogens is 653 g/mol. The topological polar surface area (TPSA) is 8.17 Å². The third-order valence-corrected chi connectivity index (χ3v) is 10.6. The summed E-state index contributed by atoms with van der Waals surface area (Å²) in [5, 5.41) is 4.98. The Morgan fingerprint density at radius 1 is 0.315 bits per heavy atom. The first kappa shape index (κ1) is 31.6. The molecule has 0 spiro atoms. The smallest absolute Gasteiger partial charge is 0.0562 e. The third kappa shape index (κ3) is 5.53. The molecule has 0 aliphatic carbocycles. The first-order valence-electron chi connectivity index (χ1n) is 18.5. The van der Waals surface area contributed by atoms with E-state index in [9.17, 15) is 0 Å². The highest BCUT2D eigenvalue weighted by Gasteiger charge is 2.20. The summed E-state index contributed by atoms with van der Waals surface area (Å²) < 4.78 is 2.43. The fourth-order valence-corrected chi connectivity index (χ4v) is 8.05. The Labute approximate surface area is 315 Å². The number of hydrogen-bond donors (Lipinski definition) is 0. The molecule has 0 unspecified atom stereocenters. The predicted molar refractivity (Wildman–Crippen MR) is 229 cm³/mol. The van der Waals surface area contributed by atoms with E-state index in [0.717, 1.165) is 28.3 Å². The molecule has 0 atom stereocenters. The van der Waals surface area contributed by atoms with Crippen LogP contribution in [-0.2, 0) is 0 Å². The van der Waals surface area contributed by atoms with Crippen molar-refractivity contribution in [3.63, 3.8) is 0 Å². The van der Waals surface area contributed by atoms with Crippen LogP contribution in [0.4, 0.5) is 17.1 Å². The van der Waals surface area contributed by atoms with Crippen LogP contribution in [-0.4, -0.2) is 4.57 Å². The molecule has 10 aromatic rings. The van der Waals surface area contributed by atoms with Crippen molar-refractivity contribution in [3.05, 3.63) is 218 Å². The highest BCUT2D eigenvalue weighted by Crippen LogP contribution is 2.44. The van der Waals surface area contributed by atoms with Crippen LogP contribution in [0, 0.1) is 0 Å². The van der Waals surface area contributed by atoms with E-state index >= 15 is 0 Å². The van der Waals surface area contributed by atoms with Gasteiger partial charge < -0.3 is 9.47 Å². The van der Waals surface area contributed by atoms with Gasteiger partial charge in [0, 0.05) is 33.5 Å². The Balaban J connectivity index is 1.19. The lowest BCUT2D eigenvalue weighted by Crippen LogP contribution is -2.10. The Morgan fingerprint density at radius 3 is 1.46 bits per heavy atom. The Bertz CT molecular complexity index is 2800. The summed E-state index contributed by atoms with van der Waals surface area (Å²) >= 11 is 0. The molecule has 1 aromatic heterocycles. The van der Waals surface area contributed by atoms with E-state index in [1.54, 1.807) is 0 Å². The van der Waals surface area contributed by atoms with Gasteiger partial charge in [-0.3, -0.25) is 0 Å². The number of aromatic nitrogens is 1. The van der Waals surface area contributed by atoms with Crippen LogP contribution in [0.3, 0.4) is 0 Å². The highest BCUT2D eigenvalue weighted by atomic mass is 15.1. The van der Waals surface area contributed by atoms with Crippen molar-refractivity contribution in [2.24, 2.45) is 0 Å². The summed E-state index contributed by atoms with van der Waals surface area (Å²) in [5.74, 6) is 0. The van der Waals surface area contributed by atoms with Gasteiger partial charge in [-0.15, -0.1) is 0 Å². The van der Waals surface area contributed by atoms with Crippen molar-refractivity contribution in [2.45, 2.75) is 0 Å². The zero-order chi connectivity index (χ0) is 35.8. The minimum absolute atomic E-state index is 1.09. The summed E-state index contributed by atoms with van der Waals surface area (Å²) in [6.07, 6.45) is 0. The van der Waals surface area contributed by atoms with Crippen molar-refractivity contribution in [3.8, 4) is 39.1 Å². The van der Waals surface area contributed by atoms with Crippen molar-refractivity contribution in [1.29, 1.82) is 0 Å². The van der Waals surface area contributed by atoms with E-state index in [4.69, 9.17) is 0 Å². The molecule has 254 valence electrons. The van der Waals surface area contributed by atoms with Gasteiger partial charge in [0.2, 0.25) is 0 Å². The SMILES string of the molecule is c1ccc(-c2ccc(N(c3ccc(-c4ccccc4)cc3)c3ccc4c5c(-c6cccc7ccccc67)cccc5n(-c5ccccc5)c4c3)cc2)cc1. The van der Waals surface area contributed by atoms with Crippen molar-refractivity contribution in [2.75, 3.05) is 4.90 Å². The van der Waals surface area contributed by atoms with Gasteiger partial charge in [-0.1, -0.05) is 164 Å². The molecule has 0 aliphatic heterocycles. The number of nitrogens with zero attached hydrogens (tertiary/aromatic N) is 2. The standard InChI is InChI=1S/C52H36N2/c1-4-14-37(15-5-1)39-26-30-43(31-27-39)53(44-32-28-40(29-33-44)38-16-6-2-7-17-38)45-34-35-49-51(36-45)54(42-20-8-3-9-21-42)50-25-13-24-48(52(49)50)47-23-12-19-41-18-10-11-22-46(41)47/h1-36H. The van der Waals surface area contributed by atoms with Gasteiger partial charge in [0.15, 0.2) is 0 Å². The molecule has 0 saturated heterocycles. The first-order chi connectivity index (χ1) is 26.8. The van der Waals surface area contributed by atoms with E-state index in [0.29, 0.717) is 0 Å². The number of anilines is 3. The summed E-state index contributed by atoms with van der Waals surface area (Å²) in [6, 6.07) is 78.8. The number of hydrogen-bond acceptors (Lipinski definition) is 1. The third-order valence-electron chi connectivity index (χ3n) is 10.6. The lowest BCUT2D eigenvalue weighted by molar-refractivity contribution is 1.18. The van der Waals surface area contributed by atoms with Gasteiger partial charge in [0.05, 0.1) is 11.0 Å². The minimum Gasteiger partial charge on any atom is -0.310 e. The van der Waals surface area contributed by atoms with E-state index in [-0.39, 0.29) is 0 Å². The van der Waals surface area contributed by atoms with Gasteiger partial charge in [-0.05, 0) is 98.8 Å². The maximum atomic E-state index is 2.43. The Morgan fingerprint density at radius 2 is 0.815 bits per heavy atom. The van der Waals surface area contributed by atoms with Crippen molar-refractivity contribution >= 4 is 49.6 Å². The second-order valence-electron chi connectivity index (χ2n) is 13.8. The number of fused-ring (bicyclic) bond motifs is 4. The molecule has 0 N–H and O–H groups in total. The minimum atomic E-state index is 1.09. The van der Waals surface area contributed by atoms with E-state index in [2.05, 4.69) is 228 Å². The summed E-state index contributed by atoms with van der Waals surface area (Å²) in [7, 11) is 0. The maximum absolute atomic E-state index is 2.43. The highest BCUT2D eigenvalue weighted by molar-refractivity contribution is 6.18. The monoisotopic (exact) mass is 688 g/mol. The molecule has 0 saturated carbocycles. The predicted octanol–water partition coefficient (Wildman–Crippen LogP) is 14.4. The largest absolute Gasteiger partial charge is 0.310 e. The lowest BCUT2D eigenvalue weighted by Gasteiger charge is -2.26. The summed E-state index contributed by atoms with van der Waals surface area (Å²) in [6.45, 7) is 0. The van der Waals surface area contributed by atoms with Gasteiger partial charge in [-0.2, -0.15) is 0 Å². The van der Waals surface area contributed by atoms with E-state index in [1.807, 2.05) is 0 Å². The molecule has 0 aliphatic rings. The van der Waals surface area contributed by atoms with Crippen LogP contribution in [0.25, 0.3) is 71.6 Å². The van der Waals surface area contributed by atoms with Crippen LogP contribution in [0.5, 0.6) is 0 Å². The second kappa shape index (κ2) is 13.4. The molecule has 2 heteroatoms. The van der Waals surface area contributed by atoms with Crippen molar-refractivity contribution in [1.82, 2.24) is 4.57 Å². The molecule has 9 aromatic carbocycles. The van der Waals surface area contributed by atoms with Crippen LogP contribution in [0.15, 0.2) is 218 Å². The fraction of sp³-hybridized carbons (Fsp3) is 0. The molecule has 54 heavy (non-hydrogen) atoms. The Hall–Kier alpha value is -7.16. The van der Waals surface area contributed by atoms with Crippen LogP contribution < -0.4 is 4.90 Å². The van der Waals surface area contributed by atoms with Crippen molar-refractivity contribution < 1.29 is 0 Å². The maximum Gasteiger partial charge on any atom is 0.0562 e. The zero-order valence-corrected chi connectivity index (χ0v) is 29.7. The molecule has 10 rings (SSSR count). The number of para-hydroxylation sites is 1. The number of rotatable bonds is 7.